The molecular weight excluding hydrogens is 326 g/mol. The molecule has 0 bridgehead atoms. The molecule has 5 nitrogen and oxygen atoms in total. The molecular formula is C21H27N3O2. The van der Waals surface area contributed by atoms with Crippen LogP contribution < -0.4 is 5.32 Å². The first-order valence-electron chi connectivity index (χ1n) is 9.77. The van der Waals surface area contributed by atoms with Gasteiger partial charge in [0.2, 0.25) is 0 Å². The third-order valence-corrected chi connectivity index (χ3v) is 5.62. The van der Waals surface area contributed by atoms with Crippen molar-refractivity contribution in [1.29, 1.82) is 0 Å². The third kappa shape index (κ3) is 3.98. The number of nitrogens with one attached hydrogen (secondary N) is 1. The SMILES string of the molecule is CN(Cc1ccccc1NC(=O)c1cc(C2CC2)on1)C1CCCCC1. The maximum absolute atomic E-state index is 12.6. The van der Waals surface area contributed by atoms with Crippen LogP contribution in [0.1, 0.15) is 72.7 Å². The Morgan fingerprint density at radius 2 is 1.96 bits per heavy atom. The predicted molar refractivity (Wildman–Crippen MR) is 101 cm³/mol. The summed E-state index contributed by atoms with van der Waals surface area (Å²) in [5, 5.41) is 6.96. The van der Waals surface area contributed by atoms with Gasteiger partial charge < -0.3 is 9.84 Å². The normalized spacial score (nSPS) is 18.2. The van der Waals surface area contributed by atoms with Crippen LogP contribution in [-0.4, -0.2) is 29.1 Å². The molecule has 1 N–H and O–H groups in total. The monoisotopic (exact) mass is 353 g/mol. The maximum Gasteiger partial charge on any atom is 0.277 e. The number of amides is 1. The van der Waals surface area contributed by atoms with Crippen LogP contribution in [0.5, 0.6) is 0 Å². The average Bonchev–Trinajstić information content (AvgIpc) is 3.40. The predicted octanol–water partition coefficient (Wildman–Crippen LogP) is 4.57. The van der Waals surface area contributed by atoms with Gasteiger partial charge >= 0.3 is 0 Å². The molecule has 5 heteroatoms. The van der Waals surface area contributed by atoms with Crippen molar-refractivity contribution >= 4 is 11.6 Å². The fourth-order valence-electron chi connectivity index (χ4n) is 3.84. The lowest BCUT2D eigenvalue weighted by atomic mass is 9.94. The first-order valence-corrected chi connectivity index (χ1v) is 9.77. The molecule has 0 atom stereocenters. The smallest absolute Gasteiger partial charge is 0.277 e. The molecule has 138 valence electrons. The van der Waals surface area contributed by atoms with Gasteiger partial charge in [-0.2, -0.15) is 0 Å². The van der Waals surface area contributed by atoms with E-state index in [4.69, 9.17) is 4.52 Å². The van der Waals surface area contributed by atoms with Gasteiger partial charge in [0.15, 0.2) is 5.69 Å². The van der Waals surface area contributed by atoms with Crippen molar-refractivity contribution in [2.24, 2.45) is 0 Å². The Balaban J connectivity index is 1.43. The number of nitrogens with zero attached hydrogens (tertiary/aromatic N) is 2. The molecule has 2 saturated carbocycles. The first-order chi connectivity index (χ1) is 12.7. The molecule has 2 aromatic rings. The van der Waals surface area contributed by atoms with E-state index < -0.39 is 0 Å². The van der Waals surface area contributed by atoms with Gasteiger partial charge in [-0.15, -0.1) is 0 Å². The third-order valence-electron chi connectivity index (χ3n) is 5.62. The first kappa shape index (κ1) is 17.3. The van der Waals surface area contributed by atoms with Crippen molar-refractivity contribution in [3.05, 3.63) is 47.3 Å². The fourth-order valence-corrected chi connectivity index (χ4v) is 3.84. The highest BCUT2D eigenvalue weighted by Gasteiger charge is 2.29. The molecule has 0 unspecified atom stereocenters. The number of benzene rings is 1. The zero-order chi connectivity index (χ0) is 17.9. The molecule has 0 saturated heterocycles. The summed E-state index contributed by atoms with van der Waals surface area (Å²) in [6, 6.07) is 10.5. The van der Waals surface area contributed by atoms with Crippen molar-refractivity contribution in [3.8, 4) is 0 Å². The second-order valence-electron chi connectivity index (χ2n) is 7.71. The molecule has 1 aromatic heterocycles. The summed E-state index contributed by atoms with van der Waals surface area (Å²) >= 11 is 0. The van der Waals surface area contributed by atoms with Gasteiger partial charge in [0.25, 0.3) is 5.91 Å². The zero-order valence-corrected chi connectivity index (χ0v) is 15.4. The van der Waals surface area contributed by atoms with E-state index in [1.165, 1.54) is 32.1 Å². The summed E-state index contributed by atoms with van der Waals surface area (Å²) in [4.78, 5) is 15.0. The summed E-state index contributed by atoms with van der Waals surface area (Å²) < 4.78 is 5.30. The topological polar surface area (TPSA) is 58.4 Å². The molecule has 2 fully saturated rings. The molecule has 2 aliphatic carbocycles. The summed E-state index contributed by atoms with van der Waals surface area (Å²) in [5.41, 5.74) is 2.36. The average molecular weight is 353 g/mol. The molecule has 1 aromatic carbocycles. The van der Waals surface area contributed by atoms with Crippen LogP contribution in [0.2, 0.25) is 0 Å². The number of carbonyl (C=O) groups is 1. The molecule has 26 heavy (non-hydrogen) atoms. The van der Waals surface area contributed by atoms with Gasteiger partial charge in [-0.05, 0) is 44.4 Å². The highest BCUT2D eigenvalue weighted by molar-refractivity contribution is 6.03. The molecule has 0 radical (unpaired) electrons. The van der Waals surface area contributed by atoms with Crippen molar-refractivity contribution < 1.29 is 9.32 Å². The van der Waals surface area contributed by atoms with E-state index in [-0.39, 0.29) is 5.91 Å². The fraction of sp³-hybridized carbons (Fsp3) is 0.524. The minimum Gasteiger partial charge on any atom is -0.360 e. The largest absolute Gasteiger partial charge is 0.360 e. The van der Waals surface area contributed by atoms with Crippen LogP contribution in [0.25, 0.3) is 0 Å². The van der Waals surface area contributed by atoms with Crippen molar-refractivity contribution in [1.82, 2.24) is 10.1 Å². The van der Waals surface area contributed by atoms with Crippen LogP contribution >= 0.6 is 0 Å². The van der Waals surface area contributed by atoms with Crippen LogP contribution in [0.15, 0.2) is 34.9 Å². The number of rotatable bonds is 6. The number of para-hydroxylation sites is 1. The molecule has 4 rings (SSSR count). The summed E-state index contributed by atoms with van der Waals surface area (Å²) in [6.07, 6.45) is 8.81. The van der Waals surface area contributed by atoms with Gasteiger partial charge in [-0.25, -0.2) is 0 Å². The van der Waals surface area contributed by atoms with E-state index in [2.05, 4.69) is 28.5 Å². The van der Waals surface area contributed by atoms with Crippen LogP contribution in [0, 0.1) is 0 Å². The Morgan fingerprint density at radius 1 is 1.19 bits per heavy atom. The summed E-state index contributed by atoms with van der Waals surface area (Å²) in [7, 11) is 2.19. The highest BCUT2D eigenvalue weighted by Crippen LogP contribution is 2.40. The second kappa shape index (κ2) is 7.62. The molecule has 1 heterocycles. The standard InChI is InChI=1S/C21H27N3O2/c1-24(17-8-3-2-4-9-17)14-16-7-5-6-10-18(16)22-21(25)19-13-20(26-23-19)15-11-12-15/h5-7,10,13,15,17H,2-4,8-9,11-12,14H2,1H3,(H,22,25). The van der Waals surface area contributed by atoms with E-state index in [9.17, 15) is 4.79 Å². The summed E-state index contributed by atoms with van der Waals surface area (Å²) in [6.45, 7) is 0.841. The van der Waals surface area contributed by atoms with E-state index in [1.807, 2.05) is 18.2 Å². The van der Waals surface area contributed by atoms with E-state index >= 15 is 0 Å². The Kier molecular flexibility index (Phi) is 5.07. The minimum atomic E-state index is -0.201. The van der Waals surface area contributed by atoms with Crippen LogP contribution in [-0.2, 0) is 6.54 Å². The lowest BCUT2D eigenvalue weighted by molar-refractivity contribution is 0.101. The quantitative estimate of drug-likeness (QED) is 0.826. The number of anilines is 1. The number of hydrogen-bond donors (Lipinski definition) is 1. The van der Waals surface area contributed by atoms with Crippen molar-refractivity contribution in [2.45, 2.75) is 63.5 Å². The maximum atomic E-state index is 12.6. The van der Waals surface area contributed by atoms with Gasteiger partial charge in [-0.3, -0.25) is 9.69 Å². The molecule has 2 aliphatic rings. The van der Waals surface area contributed by atoms with E-state index in [0.717, 1.165) is 36.4 Å². The lowest BCUT2D eigenvalue weighted by Gasteiger charge is -2.31. The Bertz CT molecular complexity index is 760. The Labute approximate surface area is 154 Å². The number of hydrogen-bond acceptors (Lipinski definition) is 4. The van der Waals surface area contributed by atoms with E-state index in [0.29, 0.717) is 17.7 Å². The molecule has 1 amide bonds. The summed E-state index contributed by atoms with van der Waals surface area (Å²) in [5.74, 6) is 1.09. The van der Waals surface area contributed by atoms with Gasteiger partial charge in [0.1, 0.15) is 5.76 Å². The zero-order valence-electron chi connectivity index (χ0n) is 15.4. The Morgan fingerprint density at radius 3 is 2.73 bits per heavy atom. The molecule has 0 spiro atoms. The van der Waals surface area contributed by atoms with Gasteiger partial charge in [0.05, 0.1) is 0 Å². The van der Waals surface area contributed by atoms with Crippen molar-refractivity contribution in [2.75, 3.05) is 12.4 Å². The minimum absolute atomic E-state index is 0.201. The Hall–Kier alpha value is -2.14. The second-order valence-corrected chi connectivity index (χ2v) is 7.71. The highest BCUT2D eigenvalue weighted by atomic mass is 16.5. The number of carbonyl (C=O) groups excluding carboxylic acids is 1. The van der Waals surface area contributed by atoms with Gasteiger partial charge in [-0.1, -0.05) is 42.6 Å². The van der Waals surface area contributed by atoms with E-state index in [1.54, 1.807) is 6.07 Å². The van der Waals surface area contributed by atoms with Gasteiger partial charge in [0, 0.05) is 30.3 Å². The molecule has 0 aliphatic heterocycles. The number of aromatic nitrogens is 1. The lowest BCUT2D eigenvalue weighted by Crippen LogP contribution is -2.33. The van der Waals surface area contributed by atoms with Crippen molar-refractivity contribution in [3.63, 3.8) is 0 Å². The van der Waals surface area contributed by atoms with Crippen LogP contribution in [0.3, 0.4) is 0 Å². The van der Waals surface area contributed by atoms with Crippen LogP contribution in [0.4, 0.5) is 5.69 Å².